The summed E-state index contributed by atoms with van der Waals surface area (Å²) in [7, 11) is -2.35. The van der Waals surface area contributed by atoms with Crippen LogP contribution in [0.2, 0.25) is 5.15 Å². The van der Waals surface area contributed by atoms with E-state index in [1.165, 1.54) is 25.4 Å². The molecule has 0 spiro atoms. The quantitative estimate of drug-likeness (QED) is 0.781. The highest BCUT2D eigenvalue weighted by atomic mass is 35.5. The Morgan fingerprint density at radius 3 is 2.77 bits per heavy atom. The van der Waals surface area contributed by atoms with Crippen LogP contribution in [0.5, 0.6) is 0 Å². The lowest BCUT2D eigenvalue weighted by atomic mass is 10.2. The molecule has 2 aromatic rings. The first-order chi connectivity index (χ1) is 10.5. The van der Waals surface area contributed by atoms with Gasteiger partial charge in [0.05, 0.1) is 6.61 Å². The number of aryl methyl sites for hydroxylation is 1. The average molecular weight is 345 g/mol. The second-order valence-corrected chi connectivity index (χ2v) is 6.62. The lowest BCUT2D eigenvalue weighted by molar-refractivity contribution is 0.166. The standard InChI is InChI=1S/C14H17ClN2O4S/c1-3-10-6-7-12(21-10)11(9-20-2)17-22(18,19)13-5-4-8-16-14(13)15/h4-8,11,17H,3,9H2,1-2H3/t11-/m1/s1. The van der Waals surface area contributed by atoms with E-state index in [4.69, 9.17) is 20.8 Å². The predicted molar refractivity (Wildman–Crippen MR) is 82.3 cm³/mol. The van der Waals surface area contributed by atoms with Crippen LogP contribution in [0.1, 0.15) is 24.5 Å². The van der Waals surface area contributed by atoms with E-state index in [1.54, 1.807) is 6.07 Å². The summed E-state index contributed by atoms with van der Waals surface area (Å²) in [5.41, 5.74) is 0. The monoisotopic (exact) mass is 344 g/mol. The van der Waals surface area contributed by atoms with Gasteiger partial charge in [0.2, 0.25) is 10.0 Å². The molecule has 0 radical (unpaired) electrons. The molecule has 8 heteroatoms. The molecule has 2 aromatic heterocycles. The predicted octanol–water partition coefficient (Wildman–Crippen LogP) is 2.56. The van der Waals surface area contributed by atoms with Crippen LogP contribution in [0.25, 0.3) is 0 Å². The highest BCUT2D eigenvalue weighted by Gasteiger charge is 2.25. The van der Waals surface area contributed by atoms with Crippen molar-refractivity contribution in [2.45, 2.75) is 24.3 Å². The van der Waals surface area contributed by atoms with Crippen LogP contribution in [-0.4, -0.2) is 27.1 Å². The molecule has 0 unspecified atom stereocenters. The van der Waals surface area contributed by atoms with E-state index in [2.05, 4.69) is 9.71 Å². The van der Waals surface area contributed by atoms with Crippen molar-refractivity contribution in [3.8, 4) is 0 Å². The van der Waals surface area contributed by atoms with Gasteiger partial charge in [-0.1, -0.05) is 18.5 Å². The minimum Gasteiger partial charge on any atom is -0.464 e. The van der Waals surface area contributed by atoms with Gasteiger partial charge in [-0.25, -0.2) is 13.4 Å². The molecule has 1 atom stereocenters. The normalized spacial score (nSPS) is 13.2. The van der Waals surface area contributed by atoms with E-state index in [1.807, 2.05) is 13.0 Å². The van der Waals surface area contributed by atoms with Gasteiger partial charge in [0, 0.05) is 19.7 Å². The Balaban J connectivity index is 2.29. The average Bonchev–Trinajstić information content (AvgIpc) is 2.96. The summed E-state index contributed by atoms with van der Waals surface area (Å²) in [6.07, 6.45) is 2.15. The number of ether oxygens (including phenoxy) is 1. The van der Waals surface area contributed by atoms with Crippen LogP contribution in [0, 0.1) is 0 Å². The smallest absolute Gasteiger partial charge is 0.244 e. The number of rotatable bonds is 7. The highest BCUT2D eigenvalue weighted by Crippen LogP contribution is 2.23. The molecule has 0 aliphatic carbocycles. The molecular weight excluding hydrogens is 328 g/mol. The van der Waals surface area contributed by atoms with Gasteiger partial charge in [0.15, 0.2) is 0 Å². The fraction of sp³-hybridized carbons (Fsp3) is 0.357. The fourth-order valence-corrected chi connectivity index (χ4v) is 3.58. The Labute approximate surface area is 134 Å². The summed E-state index contributed by atoms with van der Waals surface area (Å²) in [5.74, 6) is 1.26. The largest absolute Gasteiger partial charge is 0.464 e. The molecule has 1 N–H and O–H groups in total. The maximum atomic E-state index is 12.5. The number of hydrogen-bond donors (Lipinski definition) is 1. The lowest BCUT2D eigenvalue weighted by Gasteiger charge is -2.16. The van der Waals surface area contributed by atoms with Crippen LogP contribution in [0.3, 0.4) is 0 Å². The number of furan rings is 1. The molecule has 2 rings (SSSR count). The van der Waals surface area contributed by atoms with E-state index >= 15 is 0 Å². The van der Waals surface area contributed by atoms with E-state index in [0.29, 0.717) is 5.76 Å². The van der Waals surface area contributed by atoms with Crippen molar-refractivity contribution in [1.29, 1.82) is 0 Å². The van der Waals surface area contributed by atoms with Crippen molar-refractivity contribution < 1.29 is 17.6 Å². The van der Waals surface area contributed by atoms with Crippen molar-refractivity contribution >= 4 is 21.6 Å². The summed E-state index contributed by atoms with van der Waals surface area (Å²) >= 11 is 5.86. The molecule has 0 amide bonds. The summed E-state index contributed by atoms with van der Waals surface area (Å²) < 4.78 is 38.1. The molecule has 0 bridgehead atoms. The third-order valence-corrected chi connectivity index (χ3v) is 4.94. The van der Waals surface area contributed by atoms with Crippen molar-refractivity contribution in [2.75, 3.05) is 13.7 Å². The molecule has 6 nitrogen and oxygen atoms in total. The number of hydrogen-bond acceptors (Lipinski definition) is 5. The van der Waals surface area contributed by atoms with Crippen LogP contribution in [-0.2, 0) is 21.2 Å². The Kier molecular flexibility index (Phi) is 5.57. The van der Waals surface area contributed by atoms with Crippen LogP contribution in [0.15, 0.2) is 39.8 Å². The number of halogens is 1. The van der Waals surface area contributed by atoms with Gasteiger partial charge in [-0.2, -0.15) is 4.72 Å². The van der Waals surface area contributed by atoms with Gasteiger partial charge in [-0.15, -0.1) is 0 Å². The number of sulfonamides is 1. The van der Waals surface area contributed by atoms with E-state index in [0.717, 1.165) is 12.2 Å². The zero-order valence-electron chi connectivity index (χ0n) is 12.2. The Bertz CT molecular complexity index is 730. The van der Waals surface area contributed by atoms with Crippen LogP contribution in [0.4, 0.5) is 0 Å². The maximum Gasteiger partial charge on any atom is 0.244 e. The molecule has 0 aliphatic rings. The van der Waals surface area contributed by atoms with Crippen molar-refractivity contribution in [3.63, 3.8) is 0 Å². The molecule has 0 fully saturated rings. The third-order valence-electron chi connectivity index (χ3n) is 3.02. The van der Waals surface area contributed by atoms with Gasteiger partial charge in [0.1, 0.15) is 27.6 Å². The van der Waals surface area contributed by atoms with Gasteiger partial charge in [-0.3, -0.25) is 0 Å². The number of methoxy groups -OCH3 is 1. The first-order valence-corrected chi connectivity index (χ1v) is 8.54. The SMILES string of the molecule is CCc1ccc([C@@H](COC)NS(=O)(=O)c2cccnc2Cl)o1. The number of pyridine rings is 1. The third kappa shape index (κ3) is 3.86. The zero-order chi connectivity index (χ0) is 16.2. The highest BCUT2D eigenvalue weighted by molar-refractivity contribution is 7.89. The molecule has 120 valence electrons. The molecule has 0 aromatic carbocycles. The first-order valence-electron chi connectivity index (χ1n) is 6.68. The van der Waals surface area contributed by atoms with Gasteiger partial charge in [-0.05, 0) is 24.3 Å². The van der Waals surface area contributed by atoms with Gasteiger partial charge >= 0.3 is 0 Å². The fourth-order valence-electron chi connectivity index (χ4n) is 1.94. The molecule has 0 saturated heterocycles. The number of nitrogens with one attached hydrogen (secondary N) is 1. The van der Waals surface area contributed by atoms with Gasteiger partial charge in [0.25, 0.3) is 0 Å². The van der Waals surface area contributed by atoms with E-state index in [-0.39, 0.29) is 16.7 Å². The van der Waals surface area contributed by atoms with Crippen molar-refractivity contribution in [2.24, 2.45) is 0 Å². The Morgan fingerprint density at radius 1 is 1.41 bits per heavy atom. The Hall–Kier alpha value is -1.41. The van der Waals surface area contributed by atoms with E-state index < -0.39 is 16.1 Å². The second-order valence-electron chi connectivity index (χ2n) is 4.58. The second kappa shape index (κ2) is 7.23. The summed E-state index contributed by atoms with van der Waals surface area (Å²) in [6.45, 7) is 2.08. The molecule has 0 aliphatic heterocycles. The Morgan fingerprint density at radius 2 is 2.18 bits per heavy atom. The molecule has 0 saturated carbocycles. The first kappa shape index (κ1) is 17.0. The lowest BCUT2D eigenvalue weighted by Crippen LogP contribution is -2.31. The minimum atomic E-state index is -3.84. The minimum absolute atomic E-state index is 0.0833. The van der Waals surface area contributed by atoms with Crippen LogP contribution >= 0.6 is 11.6 Å². The van der Waals surface area contributed by atoms with Crippen LogP contribution < -0.4 is 4.72 Å². The number of aromatic nitrogens is 1. The maximum absolute atomic E-state index is 12.5. The van der Waals surface area contributed by atoms with E-state index in [9.17, 15) is 8.42 Å². The summed E-state index contributed by atoms with van der Waals surface area (Å²) in [5, 5.41) is -0.0835. The molecule has 22 heavy (non-hydrogen) atoms. The van der Waals surface area contributed by atoms with Crippen molar-refractivity contribution in [1.82, 2.24) is 9.71 Å². The topological polar surface area (TPSA) is 81.4 Å². The zero-order valence-corrected chi connectivity index (χ0v) is 13.8. The summed E-state index contributed by atoms with van der Waals surface area (Å²) in [6, 6.07) is 5.79. The van der Waals surface area contributed by atoms with Gasteiger partial charge < -0.3 is 9.15 Å². The van der Waals surface area contributed by atoms with Crippen molar-refractivity contribution in [3.05, 3.63) is 47.1 Å². The molecular formula is C14H17ClN2O4S. The molecule has 2 heterocycles. The number of nitrogens with zero attached hydrogens (tertiary/aromatic N) is 1. The summed E-state index contributed by atoms with van der Waals surface area (Å²) in [4.78, 5) is 3.70.